The summed E-state index contributed by atoms with van der Waals surface area (Å²) in [6.45, 7) is 0.671. The smallest absolute Gasteiger partial charge is 0.262 e. The summed E-state index contributed by atoms with van der Waals surface area (Å²) in [5, 5.41) is 2.87. The van der Waals surface area contributed by atoms with Gasteiger partial charge in [0, 0.05) is 23.8 Å². The van der Waals surface area contributed by atoms with E-state index in [1.165, 1.54) is 0 Å². The van der Waals surface area contributed by atoms with Crippen LogP contribution in [-0.4, -0.2) is 32.1 Å². The topological polar surface area (TPSA) is 67.9 Å². The highest BCUT2D eigenvalue weighted by atomic mass is 16.5. The van der Waals surface area contributed by atoms with Gasteiger partial charge >= 0.3 is 0 Å². The van der Waals surface area contributed by atoms with Crippen molar-refractivity contribution in [3.05, 3.63) is 48.0 Å². The molecule has 6 heteroatoms. The van der Waals surface area contributed by atoms with Gasteiger partial charge in [-0.3, -0.25) is 9.59 Å². The van der Waals surface area contributed by atoms with Gasteiger partial charge in [-0.1, -0.05) is 12.1 Å². The molecule has 28 heavy (non-hydrogen) atoms. The van der Waals surface area contributed by atoms with Crippen molar-refractivity contribution in [3.63, 3.8) is 0 Å². The Kier molecular flexibility index (Phi) is 5.19. The number of para-hydroxylation sites is 2. The molecular formula is C22H24N2O4. The Labute approximate surface area is 164 Å². The third-order valence-corrected chi connectivity index (χ3v) is 5.10. The fourth-order valence-electron chi connectivity index (χ4n) is 3.53. The van der Waals surface area contributed by atoms with Crippen LogP contribution in [-0.2, 0) is 16.0 Å². The maximum absolute atomic E-state index is 12.5. The molecule has 0 bridgehead atoms. The molecule has 1 aliphatic carbocycles. The molecule has 1 heterocycles. The van der Waals surface area contributed by atoms with Crippen LogP contribution >= 0.6 is 0 Å². The predicted octanol–water partition coefficient (Wildman–Crippen LogP) is 3.40. The van der Waals surface area contributed by atoms with E-state index in [1.54, 1.807) is 19.2 Å². The number of hydrogen-bond donors (Lipinski definition) is 1. The number of ether oxygens (including phenoxy) is 2. The molecule has 2 aliphatic rings. The van der Waals surface area contributed by atoms with E-state index >= 15 is 0 Å². The zero-order chi connectivity index (χ0) is 19.5. The number of anilines is 2. The van der Waals surface area contributed by atoms with Gasteiger partial charge in [0.1, 0.15) is 0 Å². The summed E-state index contributed by atoms with van der Waals surface area (Å²) >= 11 is 0. The Hall–Kier alpha value is -3.02. The number of fused-ring (bicyclic) bond motifs is 1. The number of carbonyl (C=O) groups excluding carboxylic acids is 2. The SMILES string of the molecule is COc1ccccc1OCC(=O)Nc1ccc2c(c1)CCCN2C(=O)C1CC1. The highest BCUT2D eigenvalue weighted by molar-refractivity contribution is 5.98. The number of carbonyl (C=O) groups is 2. The van der Waals surface area contributed by atoms with Crippen LogP contribution in [0, 0.1) is 5.92 Å². The minimum atomic E-state index is -0.243. The van der Waals surface area contributed by atoms with Crippen LogP contribution in [0.2, 0.25) is 0 Å². The molecule has 2 aromatic rings. The standard InChI is InChI=1S/C22H24N2O4/c1-27-19-6-2-3-7-20(19)28-14-21(25)23-17-10-11-18-16(13-17)5-4-12-24(18)22(26)15-8-9-15/h2-3,6-7,10-11,13,15H,4-5,8-9,12,14H2,1H3,(H,23,25). The number of nitrogens with one attached hydrogen (secondary N) is 1. The van der Waals surface area contributed by atoms with Crippen LogP contribution in [0.4, 0.5) is 11.4 Å². The molecule has 6 nitrogen and oxygen atoms in total. The minimum Gasteiger partial charge on any atom is -0.493 e. The highest BCUT2D eigenvalue weighted by Crippen LogP contribution is 2.36. The zero-order valence-electron chi connectivity index (χ0n) is 15.9. The summed E-state index contributed by atoms with van der Waals surface area (Å²) in [5.41, 5.74) is 2.79. The molecule has 146 valence electrons. The Bertz CT molecular complexity index is 892. The van der Waals surface area contributed by atoms with Crippen molar-refractivity contribution in [1.29, 1.82) is 0 Å². The summed E-state index contributed by atoms with van der Waals surface area (Å²) in [4.78, 5) is 26.7. The molecule has 0 unspecified atom stereocenters. The second-order valence-corrected chi connectivity index (χ2v) is 7.20. The Morgan fingerprint density at radius 3 is 2.68 bits per heavy atom. The Morgan fingerprint density at radius 2 is 1.93 bits per heavy atom. The second-order valence-electron chi connectivity index (χ2n) is 7.20. The molecule has 4 rings (SSSR count). The van der Waals surface area contributed by atoms with Gasteiger partial charge in [-0.2, -0.15) is 0 Å². The molecule has 2 amide bonds. The number of methoxy groups -OCH3 is 1. The fraction of sp³-hybridized carbons (Fsp3) is 0.364. The normalized spacial score (nSPS) is 15.5. The lowest BCUT2D eigenvalue weighted by Gasteiger charge is -2.30. The summed E-state index contributed by atoms with van der Waals surface area (Å²) < 4.78 is 10.8. The summed E-state index contributed by atoms with van der Waals surface area (Å²) in [6, 6.07) is 13.0. The molecule has 0 radical (unpaired) electrons. The van der Waals surface area contributed by atoms with Gasteiger partial charge < -0.3 is 19.7 Å². The molecule has 1 aliphatic heterocycles. The van der Waals surface area contributed by atoms with Crippen molar-refractivity contribution in [2.45, 2.75) is 25.7 Å². The second kappa shape index (κ2) is 7.92. The van der Waals surface area contributed by atoms with Crippen LogP contribution in [0.3, 0.4) is 0 Å². The number of benzene rings is 2. The lowest BCUT2D eigenvalue weighted by Crippen LogP contribution is -2.36. The number of amides is 2. The molecule has 1 N–H and O–H groups in total. The van der Waals surface area contributed by atoms with Gasteiger partial charge in [0.05, 0.1) is 7.11 Å². The van der Waals surface area contributed by atoms with Crippen molar-refractivity contribution >= 4 is 23.2 Å². The molecule has 1 fully saturated rings. The van der Waals surface area contributed by atoms with Crippen molar-refractivity contribution < 1.29 is 19.1 Å². The maximum Gasteiger partial charge on any atom is 0.262 e. The third-order valence-electron chi connectivity index (χ3n) is 5.10. The predicted molar refractivity (Wildman–Crippen MR) is 107 cm³/mol. The van der Waals surface area contributed by atoms with Gasteiger partial charge in [0.25, 0.3) is 5.91 Å². The van der Waals surface area contributed by atoms with E-state index in [0.717, 1.165) is 43.5 Å². The summed E-state index contributed by atoms with van der Waals surface area (Å²) in [6.07, 6.45) is 3.86. The quantitative estimate of drug-likeness (QED) is 0.834. The van der Waals surface area contributed by atoms with E-state index in [4.69, 9.17) is 9.47 Å². The first-order chi connectivity index (χ1) is 13.7. The first-order valence-electron chi connectivity index (χ1n) is 9.65. The van der Waals surface area contributed by atoms with E-state index in [0.29, 0.717) is 17.2 Å². The summed E-state index contributed by atoms with van der Waals surface area (Å²) in [5.74, 6) is 1.32. The summed E-state index contributed by atoms with van der Waals surface area (Å²) in [7, 11) is 1.56. The van der Waals surface area contributed by atoms with Gasteiger partial charge in [-0.05, 0) is 61.6 Å². The van der Waals surface area contributed by atoms with Gasteiger partial charge in [0.15, 0.2) is 18.1 Å². The first-order valence-corrected chi connectivity index (χ1v) is 9.65. The Morgan fingerprint density at radius 1 is 1.14 bits per heavy atom. The lowest BCUT2D eigenvalue weighted by molar-refractivity contribution is -0.120. The van der Waals surface area contributed by atoms with Crippen LogP contribution < -0.4 is 19.7 Å². The molecule has 0 aromatic heterocycles. The van der Waals surface area contributed by atoms with Crippen LogP contribution in [0.1, 0.15) is 24.8 Å². The van der Waals surface area contributed by atoms with E-state index in [-0.39, 0.29) is 24.3 Å². The zero-order valence-corrected chi connectivity index (χ0v) is 15.9. The number of hydrogen-bond acceptors (Lipinski definition) is 4. The van der Waals surface area contributed by atoms with Crippen LogP contribution in [0.15, 0.2) is 42.5 Å². The molecular weight excluding hydrogens is 356 g/mol. The van der Waals surface area contributed by atoms with E-state index < -0.39 is 0 Å². The van der Waals surface area contributed by atoms with Gasteiger partial charge in [-0.15, -0.1) is 0 Å². The van der Waals surface area contributed by atoms with Crippen molar-refractivity contribution in [3.8, 4) is 11.5 Å². The first kappa shape index (κ1) is 18.3. The van der Waals surface area contributed by atoms with Crippen LogP contribution in [0.5, 0.6) is 11.5 Å². The minimum absolute atomic E-state index is 0.107. The lowest BCUT2D eigenvalue weighted by atomic mass is 10.0. The monoisotopic (exact) mass is 380 g/mol. The third kappa shape index (κ3) is 3.96. The van der Waals surface area contributed by atoms with Crippen molar-refractivity contribution in [2.24, 2.45) is 5.92 Å². The van der Waals surface area contributed by atoms with E-state index in [2.05, 4.69) is 5.32 Å². The average molecular weight is 380 g/mol. The van der Waals surface area contributed by atoms with Crippen molar-refractivity contribution in [1.82, 2.24) is 0 Å². The molecule has 0 spiro atoms. The number of rotatable bonds is 6. The largest absolute Gasteiger partial charge is 0.493 e. The Balaban J connectivity index is 1.40. The van der Waals surface area contributed by atoms with Crippen molar-refractivity contribution in [2.75, 3.05) is 30.5 Å². The number of aryl methyl sites for hydroxylation is 1. The molecule has 1 saturated carbocycles. The van der Waals surface area contributed by atoms with Gasteiger partial charge in [0.2, 0.25) is 5.91 Å². The van der Waals surface area contributed by atoms with Gasteiger partial charge in [-0.25, -0.2) is 0 Å². The van der Waals surface area contributed by atoms with E-state index in [1.807, 2.05) is 35.2 Å². The number of nitrogens with zero attached hydrogens (tertiary/aromatic N) is 1. The molecule has 0 atom stereocenters. The molecule has 0 saturated heterocycles. The van der Waals surface area contributed by atoms with E-state index in [9.17, 15) is 9.59 Å². The molecule has 2 aromatic carbocycles. The van der Waals surface area contributed by atoms with Crippen LogP contribution in [0.25, 0.3) is 0 Å². The maximum atomic E-state index is 12.5. The highest BCUT2D eigenvalue weighted by Gasteiger charge is 2.35. The fourth-order valence-corrected chi connectivity index (χ4v) is 3.53. The average Bonchev–Trinajstić information content (AvgIpc) is 3.56.